The van der Waals surface area contributed by atoms with Crippen LogP contribution in [-0.2, 0) is 28.5 Å². The normalized spacial score (nSPS) is 28.6. The molecule has 0 bridgehead atoms. The van der Waals surface area contributed by atoms with E-state index in [2.05, 4.69) is 75.6 Å². The van der Waals surface area contributed by atoms with Crippen molar-refractivity contribution in [3.63, 3.8) is 0 Å². The standard InChI is InChI=1S/C43H52Cl2N2O8/c1-7-36-26(3)9-20-37(53-36)27(4)22-25(2)8-18-34-28(5)35(34)19-21-38-41(55-43(50)47-32-16-12-30(45)13-17-32)39(23-33(52-38)24-40(48)51-6)54-42(49)46-31-14-10-29(44)11-15-31/h8-19,21-22,25,28,33-39,41H,7,20,23-24H2,1-6H3,(H,46,49)(H,47,50)/b18-8+,21-19+,27-22+/t25-,28-,33+,34+,35+,36-,37-,38+,39+,41+/m1/s1. The highest BCUT2D eigenvalue weighted by Crippen LogP contribution is 2.48. The summed E-state index contributed by atoms with van der Waals surface area (Å²) in [4.78, 5) is 38.9. The van der Waals surface area contributed by atoms with E-state index in [-0.39, 0.29) is 36.9 Å². The van der Waals surface area contributed by atoms with Gasteiger partial charge in [-0.1, -0.05) is 80.4 Å². The molecular weight excluding hydrogens is 743 g/mol. The molecule has 10 nitrogen and oxygen atoms in total. The van der Waals surface area contributed by atoms with E-state index in [1.807, 2.05) is 6.08 Å². The quantitative estimate of drug-likeness (QED) is 0.117. The van der Waals surface area contributed by atoms with Crippen molar-refractivity contribution in [1.29, 1.82) is 0 Å². The zero-order valence-electron chi connectivity index (χ0n) is 32.2. The fraction of sp³-hybridized carbons (Fsp3) is 0.465. The minimum Gasteiger partial charge on any atom is -0.469 e. The summed E-state index contributed by atoms with van der Waals surface area (Å²) in [6, 6.07) is 13.1. The summed E-state index contributed by atoms with van der Waals surface area (Å²) < 4.78 is 29.5. The van der Waals surface area contributed by atoms with Crippen molar-refractivity contribution in [2.24, 2.45) is 23.7 Å². The van der Waals surface area contributed by atoms with Crippen LogP contribution in [0.15, 0.2) is 96.1 Å². The molecule has 0 spiro atoms. The fourth-order valence-electron chi connectivity index (χ4n) is 7.14. The molecule has 0 aromatic heterocycles. The third kappa shape index (κ3) is 12.2. The van der Waals surface area contributed by atoms with Crippen molar-refractivity contribution in [2.75, 3.05) is 17.7 Å². The highest BCUT2D eigenvalue weighted by Gasteiger charge is 2.46. The number of rotatable bonds is 13. The predicted octanol–water partition coefficient (Wildman–Crippen LogP) is 10.3. The number of anilines is 2. The third-order valence-electron chi connectivity index (χ3n) is 10.4. The molecule has 2 N–H and O–H groups in total. The van der Waals surface area contributed by atoms with E-state index < -0.39 is 42.6 Å². The van der Waals surface area contributed by atoms with Gasteiger partial charge in [-0.15, -0.1) is 0 Å². The van der Waals surface area contributed by atoms with E-state index in [1.54, 1.807) is 48.5 Å². The predicted molar refractivity (Wildman–Crippen MR) is 215 cm³/mol. The molecular formula is C43H52Cl2N2O8. The van der Waals surface area contributed by atoms with Crippen LogP contribution < -0.4 is 10.6 Å². The number of hydrogen-bond donors (Lipinski definition) is 2. The van der Waals surface area contributed by atoms with E-state index in [0.717, 1.165) is 12.8 Å². The first-order valence-corrected chi connectivity index (χ1v) is 19.6. The fourth-order valence-corrected chi connectivity index (χ4v) is 7.40. The number of nitrogens with one attached hydrogen (secondary N) is 2. The number of allylic oxidation sites excluding steroid dienone is 4. The molecule has 1 saturated heterocycles. The highest BCUT2D eigenvalue weighted by atomic mass is 35.5. The van der Waals surface area contributed by atoms with Crippen molar-refractivity contribution in [3.05, 3.63) is 106 Å². The Bertz CT molecular complexity index is 1760. The van der Waals surface area contributed by atoms with Crippen molar-refractivity contribution < 1.29 is 38.1 Å². The van der Waals surface area contributed by atoms with Crippen LogP contribution in [0.25, 0.3) is 0 Å². The number of carbonyl (C=O) groups excluding carboxylic acids is 3. The van der Waals surface area contributed by atoms with Gasteiger partial charge in [0.1, 0.15) is 12.2 Å². The van der Waals surface area contributed by atoms with Crippen LogP contribution in [0.2, 0.25) is 10.0 Å². The Hall–Kier alpha value is -4.09. The smallest absolute Gasteiger partial charge is 0.412 e. The minimum absolute atomic E-state index is 0.0727. The van der Waals surface area contributed by atoms with Gasteiger partial charge in [-0.25, -0.2) is 9.59 Å². The van der Waals surface area contributed by atoms with Gasteiger partial charge in [0.05, 0.1) is 31.8 Å². The first-order valence-electron chi connectivity index (χ1n) is 18.9. The van der Waals surface area contributed by atoms with Gasteiger partial charge in [-0.2, -0.15) is 0 Å². The lowest BCUT2D eigenvalue weighted by Crippen LogP contribution is -2.52. The molecule has 2 aliphatic heterocycles. The molecule has 2 amide bonds. The maximum atomic E-state index is 13.3. The molecule has 0 unspecified atom stereocenters. The van der Waals surface area contributed by atoms with E-state index in [0.29, 0.717) is 33.3 Å². The molecule has 2 aromatic rings. The zero-order valence-corrected chi connectivity index (χ0v) is 33.7. The van der Waals surface area contributed by atoms with Gasteiger partial charge in [-0.3, -0.25) is 15.4 Å². The van der Waals surface area contributed by atoms with Gasteiger partial charge in [0.2, 0.25) is 0 Å². The lowest BCUT2D eigenvalue weighted by Gasteiger charge is -2.39. The van der Waals surface area contributed by atoms with Crippen LogP contribution in [0, 0.1) is 23.7 Å². The molecule has 2 aromatic carbocycles. The van der Waals surface area contributed by atoms with Crippen molar-refractivity contribution >= 4 is 52.7 Å². The third-order valence-corrected chi connectivity index (χ3v) is 10.9. The number of carbonyl (C=O) groups is 3. The van der Waals surface area contributed by atoms with E-state index in [4.69, 9.17) is 46.9 Å². The van der Waals surface area contributed by atoms with Gasteiger partial charge < -0.3 is 23.7 Å². The number of esters is 1. The van der Waals surface area contributed by atoms with E-state index in [1.165, 1.54) is 18.3 Å². The summed E-state index contributed by atoms with van der Waals surface area (Å²) in [5.41, 5.74) is 3.47. The van der Waals surface area contributed by atoms with Gasteiger partial charge >= 0.3 is 18.2 Å². The number of hydrogen-bond acceptors (Lipinski definition) is 8. The molecule has 55 heavy (non-hydrogen) atoms. The Kier molecular flexibility index (Phi) is 15.0. The van der Waals surface area contributed by atoms with Crippen LogP contribution in [-0.4, -0.2) is 61.9 Å². The highest BCUT2D eigenvalue weighted by molar-refractivity contribution is 6.31. The Morgan fingerprint density at radius 1 is 0.909 bits per heavy atom. The second kappa shape index (κ2) is 19.7. The molecule has 10 atom stereocenters. The average molecular weight is 796 g/mol. The Balaban J connectivity index is 1.31. The Morgan fingerprint density at radius 3 is 2.11 bits per heavy atom. The number of ether oxygens (including phenoxy) is 5. The lowest BCUT2D eigenvalue weighted by atomic mass is 9.95. The van der Waals surface area contributed by atoms with Crippen LogP contribution in [0.3, 0.4) is 0 Å². The molecule has 296 valence electrons. The number of amides is 2. The average Bonchev–Trinajstić information content (AvgIpc) is 3.79. The van der Waals surface area contributed by atoms with E-state index in [9.17, 15) is 14.4 Å². The largest absolute Gasteiger partial charge is 0.469 e. The van der Waals surface area contributed by atoms with Crippen LogP contribution in [0.5, 0.6) is 0 Å². The second-order valence-corrected chi connectivity index (χ2v) is 15.4. The maximum Gasteiger partial charge on any atom is 0.412 e. The number of halogens is 2. The molecule has 0 radical (unpaired) electrons. The van der Waals surface area contributed by atoms with Crippen LogP contribution >= 0.6 is 23.2 Å². The molecule has 2 fully saturated rings. The molecule has 2 heterocycles. The Morgan fingerprint density at radius 2 is 1.51 bits per heavy atom. The summed E-state index contributed by atoms with van der Waals surface area (Å²) in [5, 5.41) is 6.41. The van der Waals surface area contributed by atoms with Crippen LogP contribution in [0.4, 0.5) is 21.0 Å². The van der Waals surface area contributed by atoms with Crippen molar-refractivity contribution in [2.45, 2.75) is 96.9 Å². The first kappa shape index (κ1) is 42.1. The molecule has 5 rings (SSSR count). The second-order valence-electron chi connectivity index (χ2n) is 14.6. The molecule has 12 heteroatoms. The van der Waals surface area contributed by atoms with E-state index >= 15 is 0 Å². The van der Waals surface area contributed by atoms with Gasteiger partial charge in [-0.05, 0) is 110 Å². The van der Waals surface area contributed by atoms with Gasteiger partial charge in [0, 0.05) is 27.8 Å². The number of benzene rings is 2. The SMILES string of the molecule is CC[C@H]1O[C@@H](/C(C)=C/[C@H](C)/C=C/[C@H]2[C@@H](C)[C@@H]2/C=C/[C@@H]2O[C@H](CC(=O)OC)C[C@H](OC(=O)Nc3ccc(Cl)cc3)[C@H]2OC(=O)Nc2ccc(Cl)cc2)CC=C1C. The van der Waals surface area contributed by atoms with Gasteiger partial charge in [0.25, 0.3) is 0 Å². The topological polar surface area (TPSA) is 121 Å². The summed E-state index contributed by atoms with van der Waals surface area (Å²) in [6.07, 6.45) is 9.97. The molecule has 1 aliphatic carbocycles. The molecule has 3 aliphatic rings. The zero-order chi connectivity index (χ0) is 39.6. The first-order chi connectivity index (χ1) is 26.3. The monoisotopic (exact) mass is 794 g/mol. The Labute approximate surface area is 334 Å². The number of methoxy groups -OCH3 is 1. The lowest BCUT2D eigenvalue weighted by molar-refractivity contribution is -0.164. The summed E-state index contributed by atoms with van der Waals surface area (Å²) in [5.74, 6) is 0.608. The van der Waals surface area contributed by atoms with Crippen molar-refractivity contribution in [3.8, 4) is 0 Å². The van der Waals surface area contributed by atoms with Crippen molar-refractivity contribution in [1.82, 2.24) is 0 Å². The molecule has 1 saturated carbocycles. The maximum absolute atomic E-state index is 13.3. The minimum atomic E-state index is -1.06. The van der Waals surface area contributed by atoms with Crippen LogP contribution in [0.1, 0.15) is 60.3 Å². The van der Waals surface area contributed by atoms with Gasteiger partial charge in [0.15, 0.2) is 6.10 Å². The summed E-state index contributed by atoms with van der Waals surface area (Å²) in [6.45, 7) is 10.8. The summed E-state index contributed by atoms with van der Waals surface area (Å²) >= 11 is 12.0. The summed E-state index contributed by atoms with van der Waals surface area (Å²) in [7, 11) is 1.30.